The summed E-state index contributed by atoms with van der Waals surface area (Å²) in [5, 5.41) is 2.97. The molecule has 0 fully saturated rings. The van der Waals surface area contributed by atoms with Crippen LogP contribution in [0.15, 0.2) is 60.9 Å². The van der Waals surface area contributed by atoms with E-state index in [4.69, 9.17) is 0 Å². The zero-order valence-corrected chi connectivity index (χ0v) is 12.0. The highest BCUT2D eigenvalue weighted by atomic mass is 16.1. The molecule has 0 unspecified atom stereocenters. The second-order valence-corrected chi connectivity index (χ2v) is 4.87. The van der Waals surface area contributed by atoms with Gasteiger partial charge in [-0.05, 0) is 11.6 Å². The summed E-state index contributed by atoms with van der Waals surface area (Å²) in [4.78, 5) is 15.9. The number of benzene rings is 2. The Labute approximate surface area is 129 Å². The van der Waals surface area contributed by atoms with Gasteiger partial charge in [-0.15, -0.1) is 0 Å². The van der Waals surface area contributed by atoms with Gasteiger partial charge < -0.3 is 5.32 Å². The molecule has 0 radical (unpaired) electrons. The topological polar surface area (TPSA) is 46.9 Å². The highest BCUT2D eigenvalue weighted by Gasteiger charge is 2.08. The van der Waals surface area contributed by atoms with Crippen molar-refractivity contribution in [2.24, 2.45) is 0 Å². The Bertz CT molecular complexity index is 736. The summed E-state index contributed by atoms with van der Waals surface area (Å²) < 4.78 is 1.71. The minimum absolute atomic E-state index is 0.0366. The van der Waals surface area contributed by atoms with E-state index in [9.17, 15) is 4.79 Å². The number of carbonyl (C=O) groups excluding carboxylic acids is 1. The van der Waals surface area contributed by atoms with E-state index in [0.29, 0.717) is 13.0 Å². The third-order valence-corrected chi connectivity index (χ3v) is 3.32. The molecule has 1 amide bonds. The first-order valence-electron chi connectivity index (χ1n) is 7.08. The Balaban J connectivity index is 1.71. The van der Waals surface area contributed by atoms with Crippen LogP contribution >= 0.6 is 0 Å². The number of aromatic nitrogens is 2. The predicted molar refractivity (Wildman–Crippen MR) is 85.0 cm³/mol. The van der Waals surface area contributed by atoms with Crippen molar-refractivity contribution in [3.63, 3.8) is 0 Å². The van der Waals surface area contributed by atoms with Crippen LogP contribution in [0.3, 0.4) is 0 Å². The molecule has 1 aromatic heterocycles. The van der Waals surface area contributed by atoms with Crippen LogP contribution in [0.1, 0.15) is 6.42 Å². The van der Waals surface area contributed by atoms with Crippen molar-refractivity contribution < 1.29 is 4.79 Å². The molecular weight excluding hydrogens is 274 g/mol. The van der Waals surface area contributed by atoms with Crippen LogP contribution < -0.4 is 5.32 Å². The summed E-state index contributed by atoms with van der Waals surface area (Å²) in [5.41, 5.74) is 2.91. The fourth-order valence-electron chi connectivity index (χ4n) is 2.23. The number of rotatable bonds is 5. The molecular formula is C18H15N3O. The van der Waals surface area contributed by atoms with Crippen LogP contribution in [-0.2, 0) is 11.3 Å². The van der Waals surface area contributed by atoms with Gasteiger partial charge in [0.05, 0.1) is 6.20 Å². The summed E-state index contributed by atoms with van der Waals surface area (Å²) in [6, 6.07) is 17.8. The van der Waals surface area contributed by atoms with Crippen molar-refractivity contribution in [3.8, 4) is 11.1 Å². The molecule has 3 rings (SSSR count). The zero-order valence-electron chi connectivity index (χ0n) is 12.0. The lowest BCUT2D eigenvalue weighted by Gasteiger charge is -2.11. The van der Waals surface area contributed by atoms with Crippen molar-refractivity contribution in [2.45, 2.75) is 13.0 Å². The number of amides is 1. The van der Waals surface area contributed by atoms with Crippen LogP contribution in [0.4, 0.5) is 5.69 Å². The van der Waals surface area contributed by atoms with E-state index in [0.717, 1.165) is 16.8 Å². The molecule has 0 aliphatic rings. The number of nitrogens with one attached hydrogen (secondary N) is 1. The van der Waals surface area contributed by atoms with Crippen LogP contribution in [-0.4, -0.2) is 15.5 Å². The van der Waals surface area contributed by atoms with Crippen LogP contribution in [0.2, 0.25) is 0 Å². The third-order valence-electron chi connectivity index (χ3n) is 3.32. The van der Waals surface area contributed by atoms with Crippen molar-refractivity contribution in [2.75, 3.05) is 5.32 Å². The van der Waals surface area contributed by atoms with Gasteiger partial charge in [0.15, 0.2) is 0 Å². The normalized spacial score (nSPS) is 10.0. The molecule has 108 valence electrons. The Morgan fingerprint density at radius 2 is 1.86 bits per heavy atom. The monoisotopic (exact) mass is 289 g/mol. The molecule has 3 aromatic rings. The second-order valence-electron chi connectivity index (χ2n) is 4.87. The molecule has 0 bridgehead atoms. The smallest absolute Gasteiger partial charge is 0.226 e. The number of carbonyl (C=O) groups is 1. The Morgan fingerprint density at radius 1 is 1.09 bits per heavy atom. The van der Waals surface area contributed by atoms with Gasteiger partial charge in [-0.1, -0.05) is 48.5 Å². The maximum absolute atomic E-state index is 12.1. The van der Waals surface area contributed by atoms with Gasteiger partial charge in [-0.3, -0.25) is 9.36 Å². The second kappa shape index (κ2) is 6.59. The molecule has 0 aliphatic carbocycles. The fraction of sp³-hybridized carbons (Fsp3) is 0.111. The highest BCUT2D eigenvalue weighted by Crippen LogP contribution is 2.27. The summed E-state index contributed by atoms with van der Waals surface area (Å²) in [6.07, 6.45) is 7.35. The van der Waals surface area contributed by atoms with E-state index >= 15 is 0 Å². The number of para-hydroxylation sites is 1. The molecule has 1 heterocycles. The highest BCUT2D eigenvalue weighted by molar-refractivity contribution is 5.95. The van der Waals surface area contributed by atoms with Crippen molar-refractivity contribution >= 4 is 11.6 Å². The van der Waals surface area contributed by atoms with Crippen molar-refractivity contribution in [1.82, 2.24) is 9.55 Å². The lowest BCUT2D eigenvalue weighted by Crippen LogP contribution is -2.14. The minimum atomic E-state index is -0.0366. The van der Waals surface area contributed by atoms with Gasteiger partial charge in [0.1, 0.15) is 6.33 Å². The number of aryl methyl sites for hydroxylation is 1. The predicted octanol–water partition coefficient (Wildman–Crippen LogP) is 3.18. The number of hydrogen-bond acceptors (Lipinski definition) is 2. The molecule has 1 N–H and O–H groups in total. The Morgan fingerprint density at radius 3 is 2.64 bits per heavy atom. The quantitative estimate of drug-likeness (QED) is 0.784. The number of nitrogens with zero attached hydrogens (tertiary/aromatic N) is 2. The summed E-state index contributed by atoms with van der Waals surface area (Å²) in [7, 11) is 0. The number of hydrogen-bond donors (Lipinski definition) is 1. The van der Waals surface area contributed by atoms with E-state index in [1.807, 2.05) is 54.6 Å². The number of anilines is 1. The maximum Gasteiger partial charge on any atom is 0.226 e. The molecule has 22 heavy (non-hydrogen) atoms. The van der Waals surface area contributed by atoms with Crippen molar-refractivity contribution in [1.29, 1.82) is 0 Å². The summed E-state index contributed by atoms with van der Waals surface area (Å²) in [6.45, 7) is 0.538. The lowest BCUT2D eigenvalue weighted by atomic mass is 10.0. The van der Waals surface area contributed by atoms with E-state index in [2.05, 4.69) is 22.7 Å². The van der Waals surface area contributed by atoms with Crippen LogP contribution in [0.25, 0.3) is 11.1 Å². The van der Waals surface area contributed by atoms with Crippen LogP contribution in [0.5, 0.6) is 0 Å². The summed E-state index contributed by atoms with van der Waals surface area (Å²) in [5.74, 6) is -0.0366. The average Bonchev–Trinajstić information content (AvgIpc) is 3.08. The van der Waals surface area contributed by atoms with Gasteiger partial charge >= 0.3 is 0 Å². The standard InChI is InChI=1S/C18H15N3O/c22-18(10-12-21-13-11-19-14-21)20-17-9-5-4-8-16(17)15-6-2-1-3-7-15/h1-9,14H,10,12H2,(H,20,22). The molecule has 4 nitrogen and oxygen atoms in total. The van der Waals surface area contributed by atoms with Gasteiger partial charge in [0, 0.05) is 30.4 Å². The van der Waals surface area contributed by atoms with Crippen LogP contribution in [0, 0.1) is 12.4 Å². The minimum Gasteiger partial charge on any atom is -0.325 e. The first-order valence-corrected chi connectivity index (χ1v) is 7.08. The molecule has 0 saturated heterocycles. The van der Waals surface area contributed by atoms with Gasteiger partial charge in [-0.25, -0.2) is 0 Å². The van der Waals surface area contributed by atoms with Crippen molar-refractivity contribution in [3.05, 3.63) is 73.3 Å². The largest absolute Gasteiger partial charge is 0.325 e. The molecule has 0 saturated carbocycles. The Hall–Kier alpha value is -3.06. The SMILES string of the molecule is O=C(CCn1c#cnc1)Nc1ccccc1-c1ccccc1. The lowest BCUT2D eigenvalue weighted by molar-refractivity contribution is -0.116. The molecule has 2 aromatic carbocycles. The van der Waals surface area contributed by atoms with Gasteiger partial charge in [-0.2, -0.15) is 4.98 Å². The van der Waals surface area contributed by atoms with Gasteiger partial charge in [0.25, 0.3) is 0 Å². The molecule has 4 heteroatoms. The summed E-state index contributed by atoms with van der Waals surface area (Å²) >= 11 is 0. The third kappa shape index (κ3) is 3.33. The fourth-order valence-corrected chi connectivity index (χ4v) is 2.23. The van der Waals surface area contributed by atoms with E-state index < -0.39 is 0 Å². The van der Waals surface area contributed by atoms with E-state index in [1.165, 1.54) is 0 Å². The van der Waals surface area contributed by atoms with E-state index in [-0.39, 0.29) is 5.91 Å². The van der Waals surface area contributed by atoms with Gasteiger partial charge in [0.2, 0.25) is 5.91 Å². The molecule has 0 spiro atoms. The zero-order chi connectivity index (χ0) is 15.2. The molecule has 0 atom stereocenters. The molecule has 0 aliphatic heterocycles. The Kier molecular flexibility index (Phi) is 4.17. The maximum atomic E-state index is 12.1. The first kappa shape index (κ1) is 13.9. The van der Waals surface area contributed by atoms with E-state index in [1.54, 1.807) is 10.9 Å². The first-order chi connectivity index (χ1) is 10.8. The average molecular weight is 289 g/mol.